The zero-order valence-electron chi connectivity index (χ0n) is 18.1. The highest BCUT2D eigenvalue weighted by molar-refractivity contribution is 9.10. The maximum absolute atomic E-state index is 13.5. The fourth-order valence-electron chi connectivity index (χ4n) is 2.93. The molecule has 0 bridgehead atoms. The van der Waals surface area contributed by atoms with E-state index < -0.39 is 0 Å². The third-order valence-electron chi connectivity index (χ3n) is 4.38. The highest BCUT2D eigenvalue weighted by Gasteiger charge is 2.23. The number of halogens is 2. The van der Waals surface area contributed by atoms with Gasteiger partial charge in [0.2, 0.25) is 0 Å². The first-order chi connectivity index (χ1) is 14.4. The standard InChI is InChI=1S/C22H26BrN3O3S.ClH/c1-5-28-18-10-7-15(13-19(18)29-6-2)21(27)26(12-11-25(3)4)22-24-17-9-8-16(23)14-20(17)30-22;/h7-10,13-14H,5-6,11-12H2,1-4H3;1H. The Morgan fingerprint density at radius 3 is 2.42 bits per heavy atom. The van der Waals surface area contributed by atoms with Crippen LogP contribution < -0.4 is 14.4 Å². The van der Waals surface area contributed by atoms with Gasteiger partial charge in [0.05, 0.1) is 23.4 Å². The Bertz CT molecular complexity index is 1030. The number of fused-ring (bicyclic) bond motifs is 1. The van der Waals surface area contributed by atoms with Gasteiger partial charge in [0.1, 0.15) is 0 Å². The lowest BCUT2D eigenvalue weighted by Crippen LogP contribution is -2.36. The van der Waals surface area contributed by atoms with Gasteiger partial charge in [-0.1, -0.05) is 27.3 Å². The number of carbonyl (C=O) groups is 1. The van der Waals surface area contributed by atoms with Crippen LogP contribution in [-0.4, -0.2) is 56.2 Å². The lowest BCUT2D eigenvalue weighted by atomic mass is 10.1. The molecule has 0 radical (unpaired) electrons. The third kappa shape index (κ3) is 6.32. The van der Waals surface area contributed by atoms with Crippen LogP contribution in [0.15, 0.2) is 40.9 Å². The molecule has 9 heteroatoms. The van der Waals surface area contributed by atoms with Gasteiger partial charge in [-0.2, -0.15) is 0 Å². The number of aromatic nitrogens is 1. The van der Waals surface area contributed by atoms with E-state index in [1.54, 1.807) is 23.1 Å². The van der Waals surface area contributed by atoms with Crippen molar-refractivity contribution in [2.45, 2.75) is 13.8 Å². The molecule has 0 unspecified atom stereocenters. The van der Waals surface area contributed by atoms with Crippen LogP contribution in [0.3, 0.4) is 0 Å². The minimum atomic E-state index is -0.112. The molecule has 0 N–H and O–H groups in total. The van der Waals surface area contributed by atoms with Gasteiger partial charge in [-0.15, -0.1) is 12.4 Å². The van der Waals surface area contributed by atoms with Crippen molar-refractivity contribution in [3.05, 3.63) is 46.4 Å². The quantitative estimate of drug-likeness (QED) is 0.368. The normalized spacial score (nSPS) is 10.8. The molecule has 0 fully saturated rings. The van der Waals surface area contributed by atoms with Gasteiger partial charge >= 0.3 is 0 Å². The minimum Gasteiger partial charge on any atom is -0.490 e. The molecule has 0 aliphatic carbocycles. The summed E-state index contributed by atoms with van der Waals surface area (Å²) in [6.07, 6.45) is 0. The summed E-state index contributed by atoms with van der Waals surface area (Å²) >= 11 is 5.01. The number of hydrogen-bond acceptors (Lipinski definition) is 6. The first-order valence-electron chi connectivity index (χ1n) is 9.85. The van der Waals surface area contributed by atoms with Crippen LogP contribution in [0.5, 0.6) is 11.5 Å². The molecular weight excluding hydrogens is 502 g/mol. The average molecular weight is 529 g/mol. The van der Waals surface area contributed by atoms with Crippen LogP contribution >= 0.6 is 39.7 Å². The van der Waals surface area contributed by atoms with Crippen LogP contribution in [-0.2, 0) is 0 Å². The zero-order chi connectivity index (χ0) is 21.7. The predicted molar refractivity (Wildman–Crippen MR) is 134 cm³/mol. The summed E-state index contributed by atoms with van der Waals surface area (Å²) in [5.41, 5.74) is 1.42. The second-order valence-electron chi connectivity index (χ2n) is 6.90. The van der Waals surface area contributed by atoms with E-state index in [1.807, 2.05) is 51.0 Å². The summed E-state index contributed by atoms with van der Waals surface area (Å²) in [6, 6.07) is 11.3. The second-order valence-corrected chi connectivity index (χ2v) is 8.82. The predicted octanol–water partition coefficient (Wildman–Crippen LogP) is 5.49. The van der Waals surface area contributed by atoms with Crippen molar-refractivity contribution in [1.82, 2.24) is 9.88 Å². The number of thiazole rings is 1. The Kier molecular flexibility index (Phi) is 9.55. The SMILES string of the molecule is CCOc1ccc(C(=O)N(CCN(C)C)c2nc3ccc(Br)cc3s2)cc1OCC.Cl. The lowest BCUT2D eigenvalue weighted by Gasteiger charge is -2.22. The molecule has 1 heterocycles. The van der Waals surface area contributed by atoms with E-state index in [2.05, 4.69) is 15.9 Å². The van der Waals surface area contributed by atoms with E-state index in [0.29, 0.717) is 42.0 Å². The monoisotopic (exact) mass is 527 g/mol. The molecule has 3 aromatic rings. The van der Waals surface area contributed by atoms with Gasteiger partial charge in [0.15, 0.2) is 16.6 Å². The van der Waals surface area contributed by atoms with Crippen LogP contribution in [0, 0.1) is 0 Å². The molecule has 3 rings (SSSR count). The Labute approximate surface area is 201 Å². The fourth-order valence-corrected chi connectivity index (χ4v) is 4.47. The van der Waals surface area contributed by atoms with E-state index in [4.69, 9.17) is 14.5 Å². The molecule has 31 heavy (non-hydrogen) atoms. The van der Waals surface area contributed by atoms with Gasteiger partial charge in [0.25, 0.3) is 5.91 Å². The zero-order valence-corrected chi connectivity index (χ0v) is 21.3. The summed E-state index contributed by atoms with van der Waals surface area (Å²) in [5, 5.41) is 0.682. The van der Waals surface area contributed by atoms with Crippen molar-refractivity contribution in [2.24, 2.45) is 0 Å². The molecule has 0 spiro atoms. The van der Waals surface area contributed by atoms with Crippen molar-refractivity contribution in [3.8, 4) is 11.5 Å². The van der Waals surface area contributed by atoms with E-state index in [0.717, 1.165) is 21.2 Å². The summed E-state index contributed by atoms with van der Waals surface area (Å²) in [4.78, 5) is 22.0. The van der Waals surface area contributed by atoms with Crippen molar-refractivity contribution in [1.29, 1.82) is 0 Å². The fraction of sp³-hybridized carbons (Fsp3) is 0.364. The summed E-state index contributed by atoms with van der Waals surface area (Å²) in [5.74, 6) is 1.10. The molecule has 168 valence electrons. The largest absolute Gasteiger partial charge is 0.490 e. The average Bonchev–Trinajstić information content (AvgIpc) is 3.12. The van der Waals surface area contributed by atoms with Crippen molar-refractivity contribution in [2.75, 3.05) is 45.3 Å². The molecule has 1 amide bonds. The van der Waals surface area contributed by atoms with Gasteiger partial charge in [-0.25, -0.2) is 4.98 Å². The van der Waals surface area contributed by atoms with Gasteiger partial charge in [-0.3, -0.25) is 9.69 Å². The number of anilines is 1. The maximum atomic E-state index is 13.5. The summed E-state index contributed by atoms with van der Waals surface area (Å²) in [6.45, 7) is 6.11. The Hall–Kier alpha value is -1.87. The molecule has 0 atom stereocenters. The third-order valence-corrected chi connectivity index (χ3v) is 5.91. The van der Waals surface area contributed by atoms with E-state index in [9.17, 15) is 4.79 Å². The Morgan fingerprint density at radius 2 is 1.74 bits per heavy atom. The molecule has 2 aromatic carbocycles. The Morgan fingerprint density at radius 1 is 1.03 bits per heavy atom. The van der Waals surface area contributed by atoms with Gasteiger partial charge < -0.3 is 14.4 Å². The smallest absolute Gasteiger partial charge is 0.260 e. The minimum absolute atomic E-state index is 0. The van der Waals surface area contributed by atoms with E-state index in [1.165, 1.54) is 11.3 Å². The number of nitrogens with zero attached hydrogens (tertiary/aromatic N) is 3. The van der Waals surface area contributed by atoms with Crippen molar-refractivity contribution >= 4 is 60.9 Å². The first kappa shape index (κ1) is 25.4. The molecule has 0 saturated heterocycles. The number of likely N-dealkylation sites (N-methyl/N-ethyl adjacent to an activating group) is 1. The highest BCUT2D eigenvalue weighted by atomic mass is 79.9. The van der Waals surface area contributed by atoms with Crippen molar-refractivity contribution in [3.63, 3.8) is 0 Å². The highest BCUT2D eigenvalue weighted by Crippen LogP contribution is 2.33. The molecule has 0 saturated carbocycles. The van der Waals surface area contributed by atoms with Crippen LogP contribution in [0.25, 0.3) is 10.2 Å². The maximum Gasteiger partial charge on any atom is 0.260 e. The topological polar surface area (TPSA) is 54.9 Å². The number of ether oxygens (including phenoxy) is 2. The lowest BCUT2D eigenvalue weighted by molar-refractivity contribution is 0.0984. The number of carbonyl (C=O) groups excluding carboxylic acids is 1. The van der Waals surface area contributed by atoms with Gasteiger partial charge in [0, 0.05) is 23.1 Å². The van der Waals surface area contributed by atoms with Gasteiger partial charge in [-0.05, 0) is 64.3 Å². The number of benzene rings is 2. The number of amides is 1. The first-order valence-corrected chi connectivity index (χ1v) is 11.5. The molecule has 6 nitrogen and oxygen atoms in total. The molecule has 1 aromatic heterocycles. The number of hydrogen-bond donors (Lipinski definition) is 0. The summed E-state index contributed by atoms with van der Waals surface area (Å²) < 4.78 is 13.4. The van der Waals surface area contributed by atoms with Crippen LogP contribution in [0.2, 0.25) is 0 Å². The van der Waals surface area contributed by atoms with Crippen LogP contribution in [0.4, 0.5) is 5.13 Å². The van der Waals surface area contributed by atoms with Crippen LogP contribution in [0.1, 0.15) is 24.2 Å². The molecule has 0 aliphatic rings. The second kappa shape index (κ2) is 11.7. The summed E-state index contributed by atoms with van der Waals surface area (Å²) in [7, 11) is 3.98. The van der Waals surface area contributed by atoms with Crippen molar-refractivity contribution < 1.29 is 14.3 Å². The Balaban J connectivity index is 0.00000341. The van der Waals surface area contributed by atoms with E-state index >= 15 is 0 Å². The van der Waals surface area contributed by atoms with E-state index in [-0.39, 0.29) is 18.3 Å². The molecular formula is C22H27BrClN3O3S. The number of rotatable bonds is 9. The molecule has 0 aliphatic heterocycles.